The van der Waals surface area contributed by atoms with Gasteiger partial charge in [0.05, 0.1) is 12.7 Å². The number of aromatic nitrogens is 1. The first-order valence-electron chi connectivity index (χ1n) is 10.5. The Morgan fingerprint density at radius 1 is 1.24 bits per heavy atom. The molecule has 0 unspecified atom stereocenters. The number of aryl methyl sites for hydroxylation is 1. The largest absolute Gasteiger partial charge is 0.443 e. The minimum absolute atomic E-state index is 0.0303. The minimum Gasteiger partial charge on any atom is -0.443 e. The van der Waals surface area contributed by atoms with Gasteiger partial charge in [0.2, 0.25) is 5.89 Å². The molecule has 1 aromatic carbocycles. The summed E-state index contributed by atoms with van der Waals surface area (Å²) in [5, 5.41) is 6.88. The Morgan fingerprint density at radius 3 is 2.59 bits per heavy atom. The zero-order valence-electron chi connectivity index (χ0n) is 18.5. The molecule has 0 atom stereocenters. The average molecular weight is 398 g/mol. The normalized spacial score (nSPS) is 16.8. The smallest absolute Gasteiger partial charge is 0.213 e. The predicted molar refractivity (Wildman–Crippen MR) is 118 cm³/mol. The molecule has 158 valence electrons. The van der Waals surface area contributed by atoms with Crippen LogP contribution in [-0.2, 0) is 18.5 Å². The highest BCUT2D eigenvalue weighted by atomic mass is 16.4. The Bertz CT molecular complexity index is 813. The molecule has 1 aliphatic heterocycles. The van der Waals surface area contributed by atoms with Gasteiger partial charge in [-0.2, -0.15) is 0 Å². The van der Waals surface area contributed by atoms with Crippen LogP contribution in [0.2, 0.25) is 0 Å². The maximum absolute atomic E-state index is 5.85. The van der Waals surface area contributed by atoms with Crippen molar-refractivity contribution >= 4 is 5.96 Å². The van der Waals surface area contributed by atoms with Crippen LogP contribution in [0.3, 0.4) is 0 Å². The molecule has 1 fully saturated rings. The molecule has 6 heteroatoms. The summed E-state index contributed by atoms with van der Waals surface area (Å²) in [6.07, 6.45) is 4.04. The van der Waals surface area contributed by atoms with Gasteiger partial charge < -0.3 is 15.1 Å². The van der Waals surface area contributed by atoms with Gasteiger partial charge in [0.15, 0.2) is 5.96 Å². The van der Waals surface area contributed by atoms with E-state index < -0.39 is 0 Å². The van der Waals surface area contributed by atoms with Crippen LogP contribution >= 0.6 is 0 Å². The molecular formula is C23H35N5O. The molecule has 29 heavy (non-hydrogen) atoms. The van der Waals surface area contributed by atoms with Crippen molar-refractivity contribution in [2.75, 3.05) is 20.1 Å². The number of rotatable bonds is 5. The van der Waals surface area contributed by atoms with Gasteiger partial charge in [-0.1, -0.05) is 45.0 Å². The molecule has 0 bridgehead atoms. The number of likely N-dealkylation sites (tertiary alicyclic amines) is 1. The first-order valence-corrected chi connectivity index (χ1v) is 10.5. The van der Waals surface area contributed by atoms with E-state index in [4.69, 9.17) is 4.42 Å². The van der Waals surface area contributed by atoms with Gasteiger partial charge in [0.25, 0.3) is 0 Å². The third kappa shape index (κ3) is 6.07. The van der Waals surface area contributed by atoms with Crippen LogP contribution in [0.1, 0.15) is 56.4 Å². The van der Waals surface area contributed by atoms with Crippen LogP contribution in [0.5, 0.6) is 0 Å². The van der Waals surface area contributed by atoms with Crippen LogP contribution in [0, 0.1) is 6.92 Å². The van der Waals surface area contributed by atoms with Gasteiger partial charge in [0, 0.05) is 38.1 Å². The molecule has 2 N–H and O–H groups in total. The standard InChI is InChI=1S/C23H35N5O/c1-17-8-6-7-9-18(17)16-28-12-10-19(11-13-28)27-22(24-5)26-15-21-25-14-20(29-21)23(2,3)4/h6-9,14,19H,10-13,15-16H2,1-5H3,(H2,24,26,27). The zero-order valence-corrected chi connectivity index (χ0v) is 18.5. The number of guanidine groups is 1. The lowest BCUT2D eigenvalue weighted by Gasteiger charge is -2.33. The summed E-state index contributed by atoms with van der Waals surface area (Å²) >= 11 is 0. The number of piperidine rings is 1. The Hall–Kier alpha value is -2.34. The van der Waals surface area contributed by atoms with Crippen molar-refractivity contribution in [2.24, 2.45) is 4.99 Å². The fraction of sp³-hybridized carbons (Fsp3) is 0.565. The van der Waals surface area contributed by atoms with Crippen molar-refractivity contribution in [3.8, 4) is 0 Å². The summed E-state index contributed by atoms with van der Waals surface area (Å²) in [4.78, 5) is 11.3. The molecule has 2 heterocycles. The fourth-order valence-corrected chi connectivity index (χ4v) is 3.55. The van der Waals surface area contributed by atoms with Gasteiger partial charge in [0.1, 0.15) is 5.76 Å². The van der Waals surface area contributed by atoms with Gasteiger partial charge in [-0.25, -0.2) is 4.98 Å². The Balaban J connectivity index is 1.44. The number of hydrogen-bond donors (Lipinski definition) is 2. The molecule has 1 saturated heterocycles. The lowest BCUT2D eigenvalue weighted by atomic mass is 9.94. The van der Waals surface area contributed by atoms with Crippen LogP contribution in [0.25, 0.3) is 0 Å². The van der Waals surface area contributed by atoms with Crippen LogP contribution < -0.4 is 10.6 Å². The van der Waals surface area contributed by atoms with Crippen molar-refractivity contribution in [1.82, 2.24) is 20.5 Å². The lowest BCUT2D eigenvalue weighted by Crippen LogP contribution is -2.48. The molecular weight excluding hydrogens is 362 g/mol. The molecule has 1 aromatic heterocycles. The van der Waals surface area contributed by atoms with Crippen LogP contribution in [-0.4, -0.2) is 42.0 Å². The summed E-state index contributed by atoms with van der Waals surface area (Å²) in [5.74, 6) is 2.39. The molecule has 0 radical (unpaired) electrons. The van der Waals surface area contributed by atoms with Crippen molar-refractivity contribution in [3.63, 3.8) is 0 Å². The predicted octanol–water partition coefficient (Wildman–Crippen LogP) is 3.61. The van der Waals surface area contributed by atoms with E-state index >= 15 is 0 Å². The number of oxazole rings is 1. The molecule has 0 amide bonds. The summed E-state index contributed by atoms with van der Waals surface area (Å²) in [6, 6.07) is 9.10. The van der Waals surface area contributed by atoms with Crippen molar-refractivity contribution in [2.45, 2.75) is 65.1 Å². The van der Waals surface area contributed by atoms with E-state index in [0.717, 1.165) is 44.2 Å². The number of nitrogens with one attached hydrogen (secondary N) is 2. The highest BCUT2D eigenvalue weighted by Crippen LogP contribution is 2.22. The van der Waals surface area contributed by atoms with E-state index in [-0.39, 0.29) is 5.41 Å². The van der Waals surface area contributed by atoms with Crippen molar-refractivity contribution in [3.05, 3.63) is 53.2 Å². The van der Waals surface area contributed by atoms with Gasteiger partial charge >= 0.3 is 0 Å². The molecule has 0 aliphatic carbocycles. The number of benzene rings is 1. The maximum atomic E-state index is 5.85. The second-order valence-electron chi connectivity index (χ2n) is 8.92. The minimum atomic E-state index is -0.0303. The number of hydrogen-bond acceptors (Lipinski definition) is 4. The molecule has 2 aromatic rings. The van der Waals surface area contributed by atoms with Gasteiger partial charge in [-0.05, 0) is 30.9 Å². The molecule has 1 aliphatic rings. The number of nitrogens with zero attached hydrogens (tertiary/aromatic N) is 3. The van der Waals surface area contributed by atoms with Crippen molar-refractivity contribution in [1.29, 1.82) is 0 Å². The third-order valence-corrected chi connectivity index (χ3v) is 5.51. The van der Waals surface area contributed by atoms with Gasteiger partial charge in [-0.3, -0.25) is 9.89 Å². The second-order valence-corrected chi connectivity index (χ2v) is 8.92. The lowest BCUT2D eigenvalue weighted by molar-refractivity contribution is 0.198. The maximum Gasteiger partial charge on any atom is 0.213 e. The molecule has 0 spiro atoms. The summed E-state index contributed by atoms with van der Waals surface area (Å²) in [7, 11) is 1.80. The molecule has 3 rings (SSSR count). The first kappa shape index (κ1) is 21.4. The van der Waals surface area contributed by atoms with E-state index in [2.05, 4.69) is 77.5 Å². The molecule has 0 saturated carbocycles. The first-order chi connectivity index (χ1) is 13.8. The molecule has 6 nitrogen and oxygen atoms in total. The van der Waals surface area contributed by atoms with E-state index in [9.17, 15) is 0 Å². The van der Waals surface area contributed by atoms with E-state index in [1.54, 1.807) is 7.05 Å². The van der Waals surface area contributed by atoms with E-state index in [0.29, 0.717) is 18.5 Å². The van der Waals surface area contributed by atoms with Gasteiger partial charge in [-0.15, -0.1) is 0 Å². The summed E-state index contributed by atoms with van der Waals surface area (Å²) in [5.41, 5.74) is 2.77. The highest BCUT2D eigenvalue weighted by molar-refractivity contribution is 5.79. The quantitative estimate of drug-likeness (QED) is 0.596. The highest BCUT2D eigenvalue weighted by Gasteiger charge is 2.21. The van der Waals surface area contributed by atoms with E-state index in [1.165, 1.54) is 11.1 Å². The Kier molecular flexibility index (Phi) is 6.96. The third-order valence-electron chi connectivity index (χ3n) is 5.51. The topological polar surface area (TPSA) is 65.7 Å². The summed E-state index contributed by atoms with van der Waals surface area (Å²) in [6.45, 7) is 12.3. The Morgan fingerprint density at radius 2 is 1.97 bits per heavy atom. The monoisotopic (exact) mass is 397 g/mol. The Labute approximate surface area is 174 Å². The number of aliphatic imine (C=N–C) groups is 1. The zero-order chi connectivity index (χ0) is 20.9. The van der Waals surface area contributed by atoms with Crippen molar-refractivity contribution < 1.29 is 4.42 Å². The fourth-order valence-electron chi connectivity index (χ4n) is 3.55. The van der Waals surface area contributed by atoms with E-state index in [1.807, 2.05) is 6.20 Å². The SMILES string of the molecule is CN=C(NCc1ncc(C(C)(C)C)o1)NC1CCN(Cc2ccccc2C)CC1. The average Bonchev–Trinajstić information content (AvgIpc) is 3.18. The van der Waals surface area contributed by atoms with Crippen LogP contribution in [0.4, 0.5) is 0 Å². The van der Waals surface area contributed by atoms with Crippen LogP contribution in [0.15, 0.2) is 39.9 Å². The second kappa shape index (κ2) is 9.44. The summed E-state index contributed by atoms with van der Waals surface area (Å²) < 4.78 is 5.85.